The third-order valence-electron chi connectivity index (χ3n) is 3.51. The van der Waals surface area contributed by atoms with Crippen LogP contribution in [0.25, 0.3) is 0 Å². The Morgan fingerprint density at radius 3 is 2.81 bits per heavy atom. The number of aliphatic hydroxyl groups is 1. The summed E-state index contributed by atoms with van der Waals surface area (Å²) in [5.74, 6) is 1.23. The van der Waals surface area contributed by atoms with Crippen molar-refractivity contribution in [2.75, 3.05) is 38.3 Å². The molecule has 2 heterocycles. The monoisotopic (exact) mass is 315 g/mol. The van der Waals surface area contributed by atoms with E-state index in [0.29, 0.717) is 62.6 Å². The first kappa shape index (κ1) is 16.4. The number of nitrogens with zero attached hydrogens (tertiary/aromatic N) is 3. The van der Waals surface area contributed by atoms with Crippen molar-refractivity contribution in [2.24, 2.45) is 0 Å². The fourth-order valence-corrected chi connectivity index (χ4v) is 2.53. The molecule has 1 aromatic rings. The average Bonchev–Trinajstić information content (AvgIpc) is 2.45. The molecule has 0 amide bonds. The van der Waals surface area contributed by atoms with Gasteiger partial charge in [0.25, 0.3) is 0 Å². The van der Waals surface area contributed by atoms with Crippen molar-refractivity contribution in [1.82, 2.24) is 9.97 Å². The molecule has 1 N–H and O–H groups in total. The van der Waals surface area contributed by atoms with Gasteiger partial charge in [-0.05, 0) is 6.92 Å². The minimum Gasteiger partial charge on any atom is -0.388 e. The van der Waals surface area contributed by atoms with Gasteiger partial charge in [0.2, 0.25) is 0 Å². The standard InChI is InChI=1S/C14H22ClN3O3/c1-3-20-9-12-16-11(15)8-13(17-12)18(2)10-14(19)4-6-21-7-5-14/h8,19H,3-7,9-10H2,1-2H3. The summed E-state index contributed by atoms with van der Waals surface area (Å²) in [5, 5.41) is 10.9. The Morgan fingerprint density at radius 1 is 1.43 bits per heavy atom. The summed E-state index contributed by atoms with van der Waals surface area (Å²) in [7, 11) is 1.89. The van der Waals surface area contributed by atoms with E-state index < -0.39 is 5.60 Å². The number of ether oxygens (including phenoxy) is 2. The van der Waals surface area contributed by atoms with Gasteiger partial charge in [-0.3, -0.25) is 0 Å². The van der Waals surface area contributed by atoms with E-state index >= 15 is 0 Å². The Kier molecular flexibility index (Phi) is 5.75. The van der Waals surface area contributed by atoms with Crippen LogP contribution < -0.4 is 4.90 Å². The lowest BCUT2D eigenvalue weighted by Crippen LogP contribution is -2.46. The molecule has 1 aliphatic rings. The van der Waals surface area contributed by atoms with Crippen LogP contribution in [0.2, 0.25) is 5.15 Å². The van der Waals surface area contributed by atoms with Gasteiger partial charge in [0, 0.05) is 52.3 Å². The van der Waals surface area contributed by atoms with Gasteiger partial charge in [-0.2, -0.15) is 0 Å². The van der Waals surface area contributed by atoms with Gasteiger partial charge in [0.1, 0.15) is 17.6 Å². The van der Waals surface area contributed by atoms with Crippen LogP contribution in [0.4, 0.5) is 5.82 Å². The Labute approximate surface area is 130 Å². The van der Waals surface area contributed by atoms with Crippen molar-refractivity contribution in [3.05, 3.63) is 17.0 Å². The zero-order valence-electron chi connectivity index (χ0n) is 12.5. The molecule has 2 rings (SSSR count). The molecule has 0 spiro atoms. The Bertz CT molecular complexity index is 467. The summed E-state index contributed by atoms with van der Waals surface area (Å²) in [4.78, 5) is 10.5. The SMILES string of the molecule is CCOCc1nc(Cl)cc(N(C)CC2(O)CCOCC2)n1. The molecule has 21 heavy (non-hydrogen) atoms. The molecule has 0 unspecified atom stereocenters. The molecule has 0 radical (unpaired) electrons. The van der Waals surface area contributed by atoms with E-state index in [0.717, 1.165) is 0 Å². The molecule has 1 fully saturated rings. The molecule has 1 aliphatic heterocycles. The summed E-state index contributed by atoms with van der Waals surface area (Å²) in [6.07, 6.45) is 1.25. The van der Waals surface area contributed by atoms with E-state index in [9.17, 15) is 5.11 Å². The summed E-state index contributed by atoms with van der Waals surface area (Å²) in [5.41, 5.74) is -0.746. The van der Waals surface area contributed by atoms with E-state index in [-0.39, 0.29) is 0 Å². The second-order valence-electron chi connectivity index (χ2n) is 5.30. The normalized spacial score (nSPS) is 17.7. The summed E-state index contributed by atoms with van der Waals surface area (Å²) in [6, 6.07) is 1.69. The summed E-state index contributed by atoms with van der Waals surface area (Å²) >= 11 is 6.03. The van der Waals surface area contributed by atoms with Crippen LogP contribution in [0, 0.1) is 0 Å². The average molecular weight is 316 g/mol. The lowest BCUT2D eigenvalue weighted by Gasteiger charge is -2.35. The van der Waals surface area contributed by atoms with Crippen LogP contribution in [-0.2, 0) is 16.1 Å². The van der Waals surface area contributed by atoms with Crippen molar-refractivity contribution in [3.8, 4) is 0 Å². The number of rotatable bonds is 6. The predicted molar refractivity (Wildman–Crippen MR) is 80.6 cm³/mol. The maximum Gasteiger partial charge on any atom is 0.158 e. The zero-order valence-corrected chi connectivity index (χ0v) is 13.3. The van der Waals surface area contributed by atoms with E-state index in [2.05, 4.69) is 9.97 Å². The van der Waals surface area contributed by atoms with Gasteiger partial charge in [-0.15, -0.1) is 0 Å². The smallest absolute Gasteiger partial charge is 0.158 e. The highest BCUT2D eigenvalue weighted by atomic mass is 35.5. The Morgan fingerprint density at radius 2 is 2.14 bits per heavy atom. The predicted octanol–water partition coefficient (Wildman–Crippen LogP) is 1.64. The molecule has 1 aromatic heterocycles. The zero-order chi connectivity index (χ0) is 15.3. The van der Waals surface area contributed by atoms with Gasteiger partial charge in [-0.25, -0.2) is 9.97 Å². The number of likely N-dealkylation sites (N-methyl/N-ethyl adjacent to an activating group) is 1. The first-order valence-electron chi connectivity index (χ1n) is 7.15. The van der Waals surface area contributed by atoms with Crippen LogP contribution in [0.15, 0.2) is 6.07 Å². The topological polar surface area (TPSA) is 67.7 Å². The Hall–Kier alpha value is -0.950. The molecule has 6 nitrogen and oxygen atoms in total. The number of aromatic nitrogens is 2. The van der Waals surface area contributed by atoms with Crippen molar-refractivity contribution in [1.29, 1.82) is 0 Å². The molecule has 0 aromatic carbocycles. The van der Waals surface area contributed by atoms with E-state index in [4.69, 9.17) is 21.1 Å². The van der Waals surface area contributed by atoms with Gasteiger partial charge in [0.15, 0.2) is 5.82 Å². The molecule has 0 bridgehead atoms. The molecule has 7 heteroatoms. The van der Waals surface area contributed by atoms with Crippen LogP contribution in [-0.4, -0.2) is 54.1 Å². The largest absolute Gasteiger partial charge is 0.388 e. The Balaban J connectivity index is 2.07. The highest BCUT2D eigenvalue weighted by Crippen LogP contribution is 2.24. The number of halogens is 1. The van der Waals surface area contributed by atoms with Crippen LogP contribution in [0.5, 0.6) is 0 Å². The number of anilines is 1. The molecule has 0 atom stereocenters. The minimum absolute atomic E-state index is 0.329. The minimum atomic E-state index is -0.746. The van der Waals surface area contributed by atoms with E-state index in [1.807, 2.05) is 18.9 Å². The van der Waals surface area contributed by atoms with Gasteiger partial charge in [-0.1, -0.05) is 11.6 Å². The maximum atomic E-state index is 10.6. The van der Waals surface area contributed by atoms with Crippen molar-refractivity contribution in [2.45, 2.75) is 32.0 Å². The molecular formula is C14H22ClN3O3. The second-order valence-corrected chi connectivity index (χ2v) is 5.68. The summed E-state index contributed by atoms with van der Waals surface area (Å²) in [6.45, 7) is 4.50. The highest BCUT2D eigenvalue weighted by molar-refractivity contribution is 6.29. The highest BCUT2D eigenvalue weighted by Gasteiger charge is 2.31. The number of hydrogen-bond acceptors (Lipinski definition) is 6. The molecule has 1 saturated heterocycles. The van der Waals surface area contributed by atoms with Crippen molar-refractivity contribution >= 4 is 17.4 Å². The third kappa shape index (κ3) is 4.78. The number of hydrogen-bond donors (Lipinski definition) is 1. The van der Waals surface area contributed by atoms with Gasteiger partial charge in [0.05, 0.1) is 5.60 Å². The second kappa shape index (κ2) is 7.35. The van der Waals surface area contributed by atoms with Crippen molar-refractivity contribution in [3.63, 3.8) is 0 Å². The molecule has 118 valence electrons. The fraction of sp³-hybridized carbons (Fsp3) is 0.714. The summed E-state index contributed by atoms with van der Waals surface area (Å²) < 4.78 is 10.6. The van der Waals surface area contributed by atoms with Crippen LogP contribution in [0.3, 0.4) is 0 Å². The van der Waals surface area contributed by atoms with Gasteiger partial charge >= 0.3 is 0 Å². The van der Waals surface area contributed by atoms with E-state index in [1.54, 1.807) is 6.07 Å². The molecular weight excluding hydrogens is 294 g/mol. The third-order valence-corrected chi connectivity index (χ3v) is 3.70. The quantitative estimate of drug-likeness (QED) is 0.805. The lowest BCUT2D eigenvalue weighted by molar-refractivity contribution is -0.0573. The van der Waals surface area contributed by atoms with Crippen LogP contribution in [0.1, 0.15) is 25.6 Å². The van der Waals surface area contributed by atoms with E-state index in [1.165, 1.54) is 0 Å². The maximum absolute atomic E-state index is 10.6. The van der Waals surface area contributed by atoms with Gasteiger partial charge < -0.3 is 19.5 Å². The van der Waals surface area contributed by atoms with Crippen LogP contribution >= 0.6 is 11.6 Å². The first-order valence-corrected chi connectivity index (χ1v) is 7.53. The molecule has 0 aliphatic carbocycles. The first-order chi connectivity index (χ1) is 10.0. The molecule has 0 saturated carbocycles. The fourth-order valence-electron chi connectivity index (χ4n) is 2.34. The van der Waals surface area contributed by atoms with Crippen molar-refractivity contribution < 1.29 is 14.6 Å². The lowest BCUT2D eigenvalue weighted by atomic mass is 9.94.